The Labute approximate surface area is 254 Å². The van der Waals surface area contributed by atoms with Crippen LogP contribution in [0.15, 0.2) is 41.3 Å². The van der Waals surface area contributed by atoms with E-state index in [2.05, 4.69) is 34.3 Å². The van der Waals surface area contributed by atoms with Gasteiger partial charge in [-0.25, -0.2) is 9.59 Å². The Morgan fingerprint density at radius 3 is 2.31 bits per heavy atom. The minimum Gasteiger partial charge on any atom is -0.338 e. The summed E-state index contributed by atoms with van der Waals surface area (Å²) in [6.45, 7) is 9.43. The van der Waals surface area contributed by atoms with Gasteiger partial charge < -0.3 is 21.3 Å². The van der Waals surface area contributed by atoms with Crippen molar-refractivity contribution in [3.63, 3.8) is 0 Å². The van der Waals surface area contributed by atoms with Gasteiger partial charge in [-0.3, -0.25) is 19.6 Å². The number of nitrogens with two attached hydrogens (primary N) is 2. The van der Waals surface area contributed by atoms with Crippen LogP contribution in [0.1, 0.15) is 45.6 Å². The molecule has 3 fully saturated rings. The number of anilines is 1. The van der Waals surface area contributed by atoms with Crippen molar-refractivity contribution in [1.29, 1.82) is 0 Å². The molecule has 1 aromatic carbocycles. The molecule has 3 heterocycles. The summed E-state index contributed by atoms with van der Waals surface area (Å²) in [6.07, 6.45) is 6.10. The fraction of sp³-hybridized carbons (Fsp3) is 0.600. The monoisotopic (exact) mass is 600 g/mol. The average molecular weight is 601 g/mol. The van der Waals surface area contributed by atoms with Crippen LogP contribution in [-0.2, 0) is 11.2 Å². The van der Waals surface area contributed by atoms with E-state index in [1.54, 1.807) is 35.9 Å². The Hall–Kier alpha value is -2.99. The highest BCUT2D eigenvalue weighted by Crippen LogP contribution is 2.38. The molecule has 0 radical (unpaired) electrons. The first-order chi connectivity index (χ1) is 19.5. The summed E-state index contributed by atoms with van der Waals surface area (Å²) in [5.41, 5.74) is 12.8. The van der Waals surface area contributed by atoms with Crippen LogP contribution in [0.2, 0.25) is 0 Å². The van der Waals surface area contributed by atoms with Gasteiger partial charge in [0.15, 0.2) is 0 Å². The summed E-state index contributed by atoms with van der Waals surface area (Å²) < 4.78 is 1.47. The van der Waals surface area contributed by atoms with Crippen LogP contribution in [0.25, 0.3) is 5.69 Å². The van der Waals surface area contributed by atoms with Gasteiger partial charge in [0.2, 0.25) is 5.91 Å². The van der Waals surface area contributed by atoms with E-state index >= 15 is 0 Å². The number of nitrogens with one attached hydrogen (secondary N) is 1. The summed E-state index contributed by atoms with van der Waals surface area (Å²) in [5.74, 6) is 1.44. The van der Waals surface area contributed by atoms with E-state index in [4.69, 9.17) is 11.5 Å². The zero-order valence-corrected chi connectivity index (χ0v) is 25.7. The lowest BCUT2D eigenvalue weighted by Crippen LogP contribution is -2.58. The molecule has 42 heavy (non-hydrogen) atoms. The summed E-state index contributed by atoms with van der Waals surface area (Å²) in [6, 6.07) is 10.2. The summed E-state index contributed by atoms with van der Waals surface area (Å²) >= 11 is 0. The quantitative estimate of drug-likeness (QED) is 0.441. The van der Waals surface area contributed by atoms with Gasteiger partial charge in [0.25, 0.3) is 0 Å². The van der Waals surface area contributed by atoms with E-state index in [9.17, 15) is 14.4 Å². The number of rotatable bonds is 7. The van der Waals surface area contributed by atoms with Gasteiger partial charge in [-0.2, -0.15) is 4.98 Å². The highest BCUT2D eigenvalue weighted by molar-refractivity contribution is 5.89. The molecule has 1 aromatic heterocycles. The van der Waals surface area contributed by atoms with Crippen molar-refractivity contribution < 1.29 is 9.59 Å². The Balaban J connectivity index is 0.00000405. The number of piperazine rings is 1. The molecule has 4 unspecified atom stereocenters. The maximum absolute atomic E-state index is 12.8. The molecular weight excluding hydrogens is 556 g/mol. The normalized spacial score (nSPS) is 23.3. The Morgan fingerprint density at radius 1 is 1.05 bits per heavy atom. The highest BCUT2D eigenvalue weighted by atomic mass is 35.5. The number of fused-ring (bicyclic) bond motifs is 1. The minimum atomic E-state index is -0.946. The van der Waals surface area contributed by atoms with E-state index in [0.717, 1.165) is 44.0 Å². The van der Waals surface area contributed by atoms with Crippen molar-refractivity contribution in [2.75, 3.05) is 44.6 Å². The number of nitrogens with zero attached hydrogens (tertiary/aromatic N) is 5. The van der Waals surface area contributed by atoms with E-state index in [1.165, 1.54) is 16.6 Å². The first-order valence-corrected chi connectivity index (χ1v) is 14.9. The fourth-order valence-corrected chi connectivity index (χ4v) is 6.61. The lowest BCUT2D eigenvalue weighted by Gasteiger charge is -2.37. The van der Waals surface area contributed by atoms with Gasteiger partial charge in [-0.15, -0.1) is 12.4 Å². The van der Waals surface area contributed by atoms with Crippen molar-refractivity contribution in [3.05, 3.63) is 52.6 Å². The zero-order valence-electron chi connectivity index (χ0n) is 24.9. The molecule has 1 saturated carbocycles. The number of likely N-dealkylation sites (tertiary alicyclic amines) is 1. The molecule has 2 aromatic rings. The molecule has 0 spiro atoms. The lowest BCUT2D eigenvalue weighted by molar-refractivity contribution is -0.137. The predicted octanol–water partition coefficient (Wildman–Crippen LogP) is 2.06. The zero-order chi connectivity index (χ0) is 29.3. The van der Waals surface area contributed by atoms with Gasteiger partial charge in [0, 0.05) is 57.5 Å². The number of halogens is 1. The molecule has 3 amide bonds. The smallest absolute Gasteiger partial charge is 0.338 e. The van der Waals surface area contributed by atoms with Gasteiger partial charge in [0.1, 0.15) is 5.82 Å². The Bertz CT molecular complexity index is 1300. The van der Waals surface area contributed by atoms with Crippen molar-refractivity contribution in [1.82, 2.24) is 24.3 Å². The summed E-state index contributed by atoms with van der Waals surface area (Å²) in [7, 11) is 0. The maximum Gasteiger partial charge on any atom is 0.354 e. The second-order valence-corrected chi connectivity index (χ2v) is 12.4. The maximum atomic E-state index is 12.8. The summed E-state index contributed by atoms with van der Waals surface area (Å²) in [5, 5.41) is 2.71. The van der Waals surface area contributed by atoms with Gasteiger partial charge in [-0.05, 0) is 75.1 Å². The molecule has 230 valence electrons. The summed E-state index contributed by atoms with van der Waals surface area (Å²) in [4.78, 5) is 47.9. The largest absolute Gasteiger partial charge is 0.354 e. The number of urea groups is 1. The number of hydrogen-bond acceptors (Lipinski definition) is 7. The van der Waals surface area contributed by atoms with Gasteiger partial charge in [0.05, 0.1) is 11.2 Å². The number of carbonyl (C=O) groups excluding carboxylic acids is 2. The van der Waals surface area contributed by atoms with Crippen LogP contribution in [0.4, 0.5) is 10.6 Å². The molecule has 11 nitrogen and oxygen atoms in total. The van der Waals surface area contributed by atoms with E-state index in [-0.39, 0.29) is 30.2 Å². The fourth-order valence-electron chi connectivity index (χ4n) is 6.61. The molecule has 2 saturated heterocycles. The molecule has 12 heteroatoms. The van der Waals surface area contributed by atoms with Gasteiger partial charge in [-0.1, -0.05) is 19.1 Å². The SMILES string of the molecule is CCC(Cc1ccc(-n2ccc(NC(=O)N3CCN(C(=O)C(C)(C)N)CC3)nc2=O)cc1)N1CC2CCC(N)C2C1.Cl. The van der Waals surface area contributed by atoms with E-state index < -0.39 is 11.2 Å². The van der Waals surface area contributed by atoms with Crippen molar-refractivity contribution in [3.8, 4) is 5.69 Å². The predicted molar refractivity (Wildman–Crippen MR) is 166 cm³/mol. The van der Waals surface area contributed by atoms with Crippen LogP contribution < -0.4 is 22.5 Å². The molecule has 0 bridgehead atoms. The van der Waals surface area contributed by atoms with Crippen LogP contribution in [0.5, 0.6) is 0 Å². The number of hydrogen-bond donors (Lipinski definition) is 3. The average Bonchev–Trinajstić information content (AvgIpc) is 3.53. The third-order valence-electron chi connectivity index (χ3n) is 9.06. The third-order valence-corrected chi connectivity index (χ3v) is 9.06. The first-order valence-electron chi connectivity index (χ1n) is 14.9. The second kappa shape index (κ2) is 13.1. The van der Waals surface area contributed by atoms with Crippen molar-refractivity contribution in [2.24, 2.45) is 23.3 Å². The molecule has 5 N–H and O–H groups in total. The topological polar surface area (TPSA) is 143 Å². The van der Waals surface area contributed by atoms with Crippen LogP contribution in [0.3, 0.4) is 0 Å². The highest BCUT2D eigenvalue weighted by Gasteiger charge is 2.42. The molecule has 2 aliphatic heterocycles. The molecule has 1 aliphatic carbocycles. The first kappa shape index (κ1) is 31.9. The Morgan fingerprint density at radius 2 is 1.71 bits per heavy atom. The van der Waals surface area contributed by atoms with Crippen molar-refractivity contribution in [2.45, 2.75) is 64.1 Å². The lowest BCUT2D eigenvalue weighted by atomic mass is 9.98. The van der Waals surface area contributed by atoms with Crippen LogP contribution in [-0.4, -0.2) is 93.1 Å². The third kappa shape index (κ3) is 6.96. The molecular formula is C30H45ClN8O3. The number of carbonyl (C=O) groups is 2. The van der Waals surface area contributed by atoms with Crippen molar-refractivity contribution >= 4 is 30.2 Å². The molecule has 5 rings (SSSR count). The Kier molecular flexibility index (Phi) is 9.97. The second-order valence-electron chi connectivity index (χ2n) is 12.4. The van der Waals surface area contributed by atoms with E-state index in [0.29, 0.717) is 44.2 Å². The number of benzene rings is 1. The number of aromatic nitrogens is 2. The standard InChI is InChI=1S/C30H44N8O3.ClH/c1-4-22(37-18-21-7-10-25(31)24(21)19-37)17-20-5-8-23(9-6-20)38-12-11-26(34-29(38)41)33-28(40)36-15-13-35(14-16-36)27(39)30(2,3)32;/h5-6,8-9,11-12,21-22,24-25H,4,7,10,13-19,31-32H2,1-3H3,(H,33,34,40,41);1H. The molecule has 3 aliphatic rings. The number of amides is 3. The minimum absolute atomic E-state index is 0. The van der Waals surface area contributed by atoms with Gasteiger partial charge >= 0.3 is 11.7 Å². The van der Waals surface area contributed by atoms with Crippen LogP contribution in [0, 0.1) is 11.8 Å². The van der Waals surface area contributed by atoms with E-state index in [1.807, 2.05) is 12.1 Å². The molecule has 4 atom stereocenters. The van der Waals surface area contributed by atoms with Crippen LogP contribution >= 0.6 is 12.4 Å².